The third-order valence-electron chi connectivity index (χ3n) is 7.89. The third-order valence-corrected chi connectivity index (χ3v) is 13.4. The van der Waals surface area contributed by atoms with Gasteiger partial charge in [0.15, 0.2) is 45.7 Å². The second-order valence-electron chi connectivity index (χ2n) is 12.7. The Hall–Kier alpha value is -4.85. The molecule has 6 rings (SSSR count). The number of sulfonamides is 4. The molecule has 404 valence electrons. The fourth-order valence-electron chi connectivity index (χ4n) is 4.86. The number of alkyl halides is 14. The quantitative estimate of drug-likeness (QED) is 0.0705. The SMILES string of the molecule is CC#P.FC(c1ccccn1)(c1ccccn1)c1ccc2ccc(C(F)(c3ccccn3)c3ccccn3)nc2n1.O=S(=O)([N-]S(=O)(=O)C(F)(F)F)C(F)(F)F.O=S(=O)([N-]S(=O)(=O)C(F)(F)F)C(F)(F)F.[Cu+].[Cu+]. The summed E-state index contributed by atoms with van der Waals surface area (Å²) in [7, 11) is -23.3. The second kappa shape index (κ2) is 25.1. The fraction of sp³-hybridized carbons (Fsp3) is 0.194. The number of hydrogen-bond acceptors (Lipinski definition) is 14. The normalized spacial score (nSPS) is 12.6. The van der Waals surface area contributed by atoms with E-state index in [0.29, 0.717) is 5.39 Å². The standard InChI is InChI=1S/C30H20F2N6.2C2F6NO4S2.C2H3P.2Cu/c31-29(22-9-1-5-17-33-22,23-10-2-6-18-34-23)26-15-13-21-14-16-27(38-28(21)37-26)30(32,24-11-3-7-19-35-24)25-12-4-8-20-36-25;2*3-1(4,5)14(10,11)9-15(12,13)2(6,7)8;1-2-3;;/h1-20H;;;1H3;;/q;2*-1;;2*+1. The van der Waals surface area contributed by atoms with Crippen LogP contribution in [0.25, 0.3) is 19.3 Å². The Balaban J connectivity index is 0.000000635. The maximum Gasteiger partial charge on any atom is 1.00 e. The van der Waals surface area contributed by atoms with Crippen LogP contribution in [0.5, 0.6) is 0 Å². The molecular weight excluding hydrogens is 1220 g/mol. The molecule has 0 aromatic carbocycles. The molecule has 0 bridgehead atoms. The molecule has 0 spiro atoms. The summed E-state index contributed by atoms with van der Waals surface area (Å²) in [4.78, 5) is 26.2. The molecule has 6 heterocycles. The van der Waals surface area contributed by atoms with Crippen LogP contribution < -0.4 is 0 Å². The van der Waals surface area contributed by atoms with Gasteiger partial charge in [0.1, 0.15) is 0 Å². The average molecular weight is 1250 g/mol. The van der Waals surface area contributed by atoms with Crippen molar-refractivity contribution in [3.63, 3.8) is 0 Å². The smallest absolute Gasteiger partial charge is 0.421 e. The van der Waals surface area contributed by atoms with Crippen molar-refractivity contribution >= 4 is 59.8 Å². The van der Waals surface area contributed by atoms with Gasteiger partial charge in [0.25, 0.3) is 0 Å². The van der Waals surface area contributed by atoms with Crippen LogP contribution in [0.15, 0.2) is 122 Å². The van der Waals surface area contributed by atoms with Crippen LogP contribution in [-0.4, -0.2) is 85.6 Å². The summed E-state index contributed by atoms with van der Waals surface area (Å²) in [5.74, 6) is 0. The summed E-state index contributed by atoms with van der Waals surface area (Å²) in [6, 6.07) is 26.5. The first kappa shape index (κ1) is 66.2. The number of hydrogen-bond donors (Lipinski definition) is 0. The molecular formula is C36H23Cu2F14N8O8PS4. The molecule has 0 atom stereocenters. The number of aromatic nitrogens is 6. The molecule has 16 nitrogen and oxygen atoms in total. The van der Waals surface area contributed by atoms with Crippen LogP contribution in [0, 0.1) is 5.63 Å². The Kier molecular flexibility index (Phi) is 22.8. The summed E-state index contributed by atoms with van der Waals surface area (Å²) in [5, 5.41) is 0.617. The van der Waals surface area contributed by atoms with Crippen LogP contribution in [0.4, 0.5) is 61.5 Å². The van der Waals surface area contributed by atoms with Crippen molar-refractivity contribution in [2.45, 2.75) is 40.3 Å². The average Bonchev–Trinajstić information content (AvgIpc) is 3.28. The van der Waals surface area contributed by atoms with Gasteiger partial charge in [0, 0.05) is 30.2 Å². The monoisotopic (exact) mass is 1250 g/mol. The van der Waals surface area contributed by atoms with Gasteiger partial charge in [-0.3, -0.25) is 19.9 Å². The Morgan fingerprint density at radius 3 is 0.795 bits per heavy atom. The van der Waals surface area contributed by atoms with Crippen LogP contribution in [0.2, 0.25) is 0 Å². The van der Waals surface area contributed by atoms with Crippen molar-refractivity contribution in [3.05, 3.63) is 164 Å². The van der Waals surface area contributed by atoms with Crippen molar-refractivity contribution in [1.82, 2.24) is 29.9 Å². The van der Waals surface area contributed by atoms with Crippen LogP contribution in [0.1, 0.15) is 41.1 Å². The minimum atomic E-state index is -6.72. The maximum atomic E-state index is 17.1. The van der Waals surface area contributed by atoms with Gasteiger partial charge in [0.2, 0.25) is 11.3 Å². The van der Waals surface area contributed by atoms with E-state index in [4.69, 9.17) is 0 Å². The van der Waals surface area contributed by atoms with Gasteiger partial charge in [-0.05, 0) is 72.8 Å². The minimum Gasteiger partial charge on any atom is -0.421 e. The van der Waals surface area contributed by atoms with Crippen molar-refractivity contribution in [2.24, 2.45) is 0 Å². The molecule has 0 aliphatic rings. The number of pyridine rings is 6. The number of halogens is 14. The zero-order chi connectivity index (χ0) is 54.1. The third kappa shape index (κ3) is 16.1. The molecule has 6 aromatic heterocycles. The van der Waals surface area contributed by atoms with Crippen molar-refractivity contribution < 1.29 is 129 Å². The van der Waals surface area contributed by atoms with E-state index in [1.807, 2.05) is 0 Å². The molecule has 37 heteroatoms. The predicted molar refractivity (Wildman–Crippen MR) is 222 cm³/mol. The predicted octanol–water partition coefficient (Wildman–Crippen LogP) is 9.22. The van der Waals surface area contributed by atoms with E-state index in [1.54, 1.807) is 104 Å². The van der Waals surface area contributed by atoms with Crippen molar-refractivity contribution in [1.29, 1.82) is 0 Å². The van der Waals surface area contributed by atoms with Crippen molar-refractivity contribution in [2.75, 3.05) is 0 Å². The maximum absolute atomic E-state index is 17.1. The Morgan fingerprint density at radius 2 is 0.616 bits per heavy atom. The van der Waals surface area contributed by atoms with E-state index >= 15 is 8.78 Å². The van der Waals surface area contributed by atoms with E-state index in [1.165, 1.54) is 24.8 Å². The number of nitrogens with zero attached hydrogens (tertiary/aromatic N) is 8. The van der Waals surface area contributed by atoms with E-state index in [0.717, 1.165) is 8.25 Å². The first-order valence-electron chi connectivity index (χ1n) is 17.8. The molecule has 73 heavy (non-hydrogen) atoms. The van der Waals surface area contributed by atoms with Gasteiger partial charge < -0.3 is 8.25 Å². The number of rotatable bonds is 10. The molecule has 0 aliphatic heterocycles. The van der Waals surface area contributed by atoms with Gasteiger partial charge in [-0.1, -0.05) is 24.3 Å². The summed E-state index contributed by atoms with van der Waals surface area (Å²) < 4.78 is 253. The first-order valence-corrected chi connectivity index (χ1v) is 24.0. The summed E-state index contributed by atoms with van der Waals surface area (Å²) in [6.45, 7) is 1.74. The Labute approximate surface area is 426 Å². The molecule has 0 amide bonds. The Morgan fingerprint density at radius 1 is 0.397 bits per heavy atom. The van der Waals surface area contributed by atoms with Crippen LogP contribution >= 0.6 is 8.70 Å². The van der Waals surface area contributed by atoms with Gasteiger partial charge in [-0.15, -0.1) is 0 Å². The van der Waals surface area contributed by atoms with E-state index in [9.17, 15) is 86.4 Å². The number of fused-ring (bicyclic) bond motifs is 1. The molecule has 0 saturated carbocycles. The van der Waals surface area contributed by atoms with Crippen LogP contribution in [0.3, 0.4) is 0 Å². The van der Waals surface area contributed by atoms with Gasteiger partial charge >= 0.3 is 77.4 Å². The molecule has 0 N–H and O–H groups in total. The molecule has 0 saturated heterocycles. The van der Waals surface area contributed by atoms with Crippen molar-refractivity contribution in [3.8, 4) is 5.63 Å². The summed E-state index contributed by atoms with van der Waals surface area (Å²) >= 11 is 0. The second-order valence-corrected chi connectivity index (χ2v) is 20.0. The minimum absolute atomic E-state index is 0. The van der Waals surface area contributed by atoms with Gasteiger partial charge in [0.05, 0.1) is 34.2 Å². The fourth-order valence-corrected chi connectivity index (χ4v) is 8.28. The topological polar surface area (TPSA) is 242 Å². The molecule has 0 radical (unpaired) electrons. The molecule has 0 aliphatic carbocycles. The molecule has 6 aromatic rings. The Bertz CT molecular complexity index is 2910. The molecule has 0 unspecified atom stereocenters. The summed E-state index contributed by atoms with van der Waals surface area (Å²) in [6.07, 6.45) is 6.06. The zero-order valence-corrected chi connectivity index (χ0v) is 40.9. The van der Waals surface area contributed by atoms with E-state index in [2.05, 4.69) is 44.2 Å². The van der Waals surface area contributed by atoms with Gasteiger partial charge in [-0.2, -0.15) is 52.7 Å². The first-order chi connectivity index (χ1) is 32.4. The zero-order valence-electron chi connectivity index (χ0n) is 34.9. The van der Waals surface area contributed by atoms with Crippen LogP contribution in [-0.2, 0) is 85.6 Å². The van der Waals surface area contributed by atoms with E-state index in [-0.39, 0.29) is 73.9 Å². The van der Waals surface area contributed by atoms with E-state index < -0.39 is 73.5 Å². The largest absolute Gasteiger partial charge is 1.00 e. The molecule has 0 fully saturated rings. The summed E-state index contributed by atoms with van der Waals surface area (Å²) in [5.41, 5.74) is -26.1. The van der Waals surface area contributed by atoms with Gasteiger partial charge in [-0.25, -0.2) is 52.4 Å².